The standard InChI is InChI=1S/C18H23N5O3/c24-18(20-13-5-6-14-15(12-13)26-11-10-25-14)19-8-7-17-22-21-16-4-2-1-3-9-23(16)17/h5-6,12H,1-4,7-11H2,(H2,19,20,24). The molecule has 8 nitrogen and oxygen atoms in total. The van der Waals surface area contributed by atoms with Crippen LogP contribution in [0.1, 0.15) is 30.9 Å². The average molecular weight is 357 g/mol. The van der Waals surface area contributed by atoms with Crippen molar-refractivity contribution in [1.82, 2.24) is 20.1 Å². The van der Waals surface area contributed by atoms with Gasteiger partial charge in [0.2, 0.25) is 0 Å². The quantitative estimate of drug-likeness (QED) is 0.875. The Bertz CT molecular complexity index is 789. The van der Waals surface area contributed by atoms with Gasteiger partial charge in [0.05, 0.1) is 0 Å². The molecule has 0 atom stereocenters. The Hall–Kier alpha value is -2.77. The molecule has 2 aliphatic rings. The van der Waals surface area contributed by atoms with Crippen molar-refractivity contribution >= 4 is 11.7 Å². The van der Waals surface area contributed by atoms with E-state index in [1.54, 1.807) is 18.2 Å². The van der Waals surface area contributed by atoms with Gasteiger partial charge in [0.15, 0.2) is 11.5 Å². The highest BCUT2D eigenvalue weighted by Gasteiger charge is 2.15. The van der Waals surface area contributed by atoms with Crippen LogP contribution in [0, 0.1) is 0 Å². The summed E-state index contributed by atoms with van der Waals surface area (Å²) in [5, 5.41) is 14.2. The fraction of sp³-hybridized carbons (Fsp3) is 0.500. The lowest BCUT2D eigenvalue weighted by Crippen LogP contribution is -2.31. The first-order valence-electron chi connectivity index (χ1n) is 9.15. The zero-order valence-electron chi connectivity index (χ0n) is 14.7. The number of carbonyl (C=O) groups is 1. The molecule has 2 aromatic rings. The highest BCUT2D eigenvalue weighted by molar-refractivity contribution is 5.89. The number of nitrogens with zero attached hydrogens (tertiary/aromatic N) is 3. The lowest BCUT2D eigenvalue weighted by atomic mass is 10.2. The Morgan fingerprint density at radius 3 is 2.92 bits per heavy atom. The lowest BCUT2D eigenvalue weighted by Gasteiger charge is -2.19. The highest BCUT2D eigenvalue weighted by atomic mass is 16.6. The first-order chi connectivity index (χ1) is 12.8. The van der Waals surface area contributed by atoms with Gasteiger partial charge in [0, 0.05) is 37.7 Å². The molecule has 138 valence electrons. The molecular formula is C18H23N5O3. The third-order valence-electron chi connectivity index (χ3n) is 4.62. The zero-order valence-corrected chi connectivity index (χ0v) is 14.7. The number of amides is 2. The van der Waals surface area contributed by atoms with Gasteiger partial charge >= 0.3 is 6.03 Å². The Kier molecular flexibility index (Phi) is 4.90. The topological polar surface area (TPSA) is 90.3 Å². The summed E-state index contributed by atoms with van der Waals surface area (Å²) in [5.41, 5.74) is 0.670. The minimum atomic E-state index is -0.253. The van der Waals surface area contributed by atoms with Crippen LogP contribution in [-0.4, -0.2) is 40.6 Å². The number of aryl methyl sites for hydroxylation is 1. The zero-order chi connectivity index (χ0) is 17.8. The van der Waals surface area contributed by atoms with Gasteiger partial charge in [-0.25, -0.2) is 4.79 Å². The van der Waals surface area contributed by atoms with Gasteiger partial charge in [0.25, 0.3) is 0 Å². The molecule has 0 saturated heterocycles. The van der Waals surface area contributed by atoms with Crippen molar-refractivity contribution in [2.45, 2.75) is 38.6 Å². The smallest absolute Gasteiger partial charge is 0.319 e. The van der Waals surface area contributed by atoms with E-state index in [9.17, 15) is 4.79 Å². The van der Waals surface area contributed by atoms with Gasteiger partial charge in [-0.3, -0.25) is 0 Å². The number of urea groups is 1. The molecule has 0 radical (unpaired) electrons. The predicted octanol–water partition coefficient (Wildman–Crippen LogP) is 2.14. The van der Waals surface area contributed by atoms with Crippen LogP contribution in [0.5, 0.6) is 11.5 Å². The SMILES string of the molecule is O=C(NCCc1nnc2n1CCCCC2)Nc1ccc2c(c1)OCCO2. The van der Waals surface area contributed by atoms with Gasteiger partial charge in [-0.05, 0) is 25.0 Å². The number of fused-ring (bicyclic) bond motifs is 2. The number of aromatic nitrogens is 3. The van der Waals surface area contributed by atoms with Gasteiger partial charge < -0.3 is 24.7 Å². The maximum atomic E-state index is 12.1. The number of rotatable bonds is 4. The van der Waals surface area contributed by atoms with E-state index >= 15 is 0 Å². The molecule has 0 unspecified atom stereocenters. The first-order valence-corrected chi connectivity index (χ1v) is 9.15. The summed E-state index contributed by atoms with van der Waals surface area (Å²) in [6, 6.07) is 5.12. The summed E-state index contributed by atoms with van der Waals surface area (Å²) in [6.07, 6.45) is 5.23. The number of hydrogen-bond donors (Lipinski definition) is 2. The Balaban J connectivity index is 1.29. The molecule has 1 aromatic heterocycles. The Morgan fingerprint density at radius 1 is 1.12 bits per heavy atom. The molecule has 3 heterocycles. The van der Waals surface area contributed by atoms with Crippen LogP contribution < -0.4 is 20.1 Å². The van der Waals surface area contributed by atoms with Crippen molar-refractivity contribution in [3.05, 3.63) is 29.8 Å². The minimum Gasteiger partial charge on any atom is -0.486 e. The third kappa shape index (κ3) is 3.74. The molecule has 0 saturated carbocycles. The second-order valence-electron chi connectivity index (χ2n) is 6.48. The fourth-order valence-electron chi connectivity index (χ4n) is 3.31. The summed E-state index contributed by atoms with van der Waals surface area (Å²) >= 11 is 0. The summed E-state index contributed by atoms with van der Waals surface area (Å²) in [4.78, 5) is 12.1. The maximum absolute atomic E-state index is 12.1. The molecule has 1 aromatic carbocycles. The van der Waals surface area contributed by atoms with Gasteiger partial charge in [-0.1, -0.05) is 6.42 Å². The van der Waals surface area contributed by atoms with Crippen molar-refractivity contribution in [2.24, 2.45) is 0 Å². The van der Waals surface area contributed by atoms with Crippen molar-refractivity contribution in [3.8, 4) is 11.5 Å². The van der Waals surface area contributed by atoms with E-state index in [-0.39, 0.29) is 6.03 Å². The monoisotopic (exact) mass is 357 g/mol. The van der Waals surface area contributed by atoms with E-state index < -0.39 is 0 Å². The van der Waals surface area contributed by atoms with Crippen LogP contribution >= 0.6 is 0 Å². The summed E-state index contributed by atoms with van der Waals surface area (Å²) < 4.78 is 13.2. The first kappa shape index (κ1) is 16.7. The summed E-state index contributed by atoms with van der Waals surface area (Å²) in [5.74, 6) is 3.37. The van der Waals surface area contributed by atoms with Crippen LogP contribution in [0.4, 0.5) is 10.5 Å². The molecule has 26 heavy (non-hydrogen) atoms. The third-order valence-corrected chi connectivity index (χ3v) is 4.62. The van der Waals surface area contributed by atoms with E-state index in [2.05, 4.69) is 25.4 Å². The van der Waals surface area contributed by atoms with Crippen LogP contribution in [-0.2, 0) is 19.4 Å². The van der Waals surface area contributed by atoms with Gasteiger partial charge in [0.1, 0.15) is 24.9 Å². The van der Waals surface area contributed by atoms with Gasteiger partial charge in [-0.15, -0.1) is 10.2 Å². The molecule has 8 heteroatoms. The number of carbonyl (C=O) groups excluding carboxylic acids is 1. The number of ether oxygens (including phenoxy) is 2. The number of hydrogen-bond acceptors (Lipinski definition) is 5. The van der Waals surface area contributed by atoms with E-state index in [0.29, 0.717) is 43.4 Å². The molecule has 0 bridgehead atoms. The lowest BCUT2D eigenvalue weighted by molar-refractivity contribution is 0.171. The Morgan fingerprint density at radius 2 is 2.00 bits per heavy atom. The van der Waals surface area contributed by atoms with Crippen molar-refractivity contribution in [3.63, 3.8) is 0 Å². The van der Waals surface area contributed by atoms with Crippen molar-refractivity contribution in [1.29, 1.82) is 0 Å². The van der Waals surface area contributed by atoms with E-state index in [1.807, 2.05) is 0 Å². The van der Waals surface area contributed by atoms with Crippen LogP contribution in [0.25, 0.3) is 0 Å². The number of benzene rings is 1. The van der Waals surface area contributed by atoms with Gasteiger partial charge in [-0.2, -0.15) is 0 Å². The number of anilines is 1. The normalized spacial score (nSPS) is 15.7. The molecule has 0 aliphatic carbocycles. The van der Waals surface area contributed by atoms with Crippen molar-refractivity contribution in [2.75, 3.05) is 25.1 Å². The van der Waals surface area contributed by atoms with Crippen LogP contribution in [0.3, 0.4) is 0 Å². The molecule has 0 spiro atoms. The fourth-order valence-corrected chi connectivity index (χ4v) is 3.31. The molecule has 2 N–H and O–H groups in total. The summed E-state index contributed by atoms with van der Waals surface area (Å²) in [6.45, 7) is 2.55. The summed E-state index contributed by atoms with van der Waals surface area (Å²) in [7, 11) is 0. The highest BCUT2D eigenvalue weighted by Crippen LogP contribution is 2.32. The molecule has 4 rings (SSSR count). The second-order valence-corrected chi connectivity index (χ2v) is 6.48. The van der Waals surface area contributed by atoms with E-state index in [0.717, 1.165) is 31.0 Å². The average Bonchev–Trinajstić information content (AvgIpc) is 2.88. The maximum Gasteiger partial charge on any atom is 0.319 e. The van der Waals surface area contributed by atoms with E-state index in [4.69, 9.17) is 9.47 Å². The second kappa shape index (κ2) is 7.63. The largest absolute Gasteiger partial charge is 0.486 e. The minimum absolute atomic E-state index is 0.253. The van der Waals surface area contributed by atoms with Crippen molar-refractivity contribution < 1.29 is 14.3 Å². The molecule has 2 aliphatic heterocycles. The predicted molar refractivity (Wildman–Crippen MR) is 95.7 cm³/mol. The van der Waals surface area contributed by atoms with Crippen LogP contribution in [0.15, 0.2) is 18.2 Å². The van der Waals surface area contributed by atoms with Crippen LogP contribution in [0.2, 0.25) is 0 Å². The van der Waals surface area contributed by atoms with E-state index in [1.165, 1.54) is 12.8 Å². The molecule has 2 amide bonds. The Labute approximate surface area is 151 Å². The molecular weight excluding hydrogens is 334 g/mol. The number of nitrogens with one attached hydrogen (secondary N) is 2. The molecule has 0 fully saturated rings.